The minimum atomic E-state index is -4.47. The second kappa shape index (κ2) is 16.5. The number of Topliss-reactive ketones (excluding diaryl/α,β-unsaturated/α-hetero) is 2. The average molecular weight is 657 g/mol. The molecule has 2 aromatic rings. The first kappa shape index (κ1) is 36.4. The summed E-state index contributed by atoms with van der Waals surface area (Å²) in [5.74, 6) is -3.23. The van der Waals surface area contributed by atoms with Crippen LogP contribution in [0.1, 0.15) is 59.7 Å². The number of aliphatic hydroxyl groups excluding tert-OH is 3. The van der Waals surface area contributed by atoms with Crippen molar-refractivity contribution in [1.82, 2.24) is 0 Å². The predicted molar refractivity (Wildman–Crippen MR) is 153 cm³/mol. The summed E-state index contributed by atoms with van der Waals surface area (Å²) >= 11 is 0. The van der Waals surface area contributed by atoms with E-state index in [1.54, 1.807) is 18.2 Å². The SMILES string of the molecule is O=C(CCC(=O)c1ccc(C(F)(F)F)cc1)C[C@H](C[NH+]1CCCC1)[C@@H](O)c1ccc2c(c1)OCCO2.O=C(O)[C@@H](O)[C@H](O)C(=O)O. The lowest BCUT2D eigenvalue weighted by Gasteiger charge is -2.26. The molecule has 2 aliphatic rings. The van der Waals surface area contributed by atoms with E-state index in [4.69, 9.17) is 29.9 Å². The molecule has 0 bridgehead atoms. The Morgan fingerprint density at radius 2 is 1.37 bits per heavy atom. The van der Waals surface area contributed by atoms with Crippen molar-refractivity contribution in [3.05, 3.63) is 59.2 Å². The fourth-order valence-electron chi connectivity index (χ4n) is 5.17. The Hall–Kier alpha value is -4.05. The molecule has 2 aromatic carbocycles. The Kier molecular flexibility index (Phi) is 13.1. The molecule has 0 amide bonds. The monoisotopic (exact) mass is 656 g/mol. The molecule has 0 aliphatic carbocycles. The van der Waals surface area contributed by atoms with Crippen molar-refractivity contribution in [3.8, 4) is 11.5 Å². The van der Waals surface area contributed by atoms with Crippen molar-refractivity contribution in [3.63, 3.8) is 0 Å². The smallest absolute Gasteiger partial charge is 0.416 e. The molecule has 2 heterocycles. The molecule has 6 N–H and O–H groups in total. The van der Waals surface area contributed by atoms with Crippen molar-refractivity contribution in [2.45, 2.75) is 56.6 Å². The Morgan fingerprint density at radius 3 is 1.91 bits per heavy atom. The predicted octanol–water partition coefficient (Wildman–Crippen LogP) is 1.30. The molecule has 4 atom stereocenters. The Labute approximate surface area is 262 Å². The van der Waals surface area contributed by atoms with Gasteiger partial charge in [-0.1, -0.05) is 18.2 Å². The van der Waals surface area contributed by atoms with Crippen molar-refractivity contribution >= 4 is 23.5 Å². The number of carboxylic acids is 2. The number of carbonyl (C=O) groups is 4. The lowest BCUT2D eigenvalue weighted by atomic mass is 9.89. The number of halogens is 3. The highest BCUT2D eigenvalue weighted by Crippen LogP contribution is 2.35. The van der Waals surface area contributed by atoms with Crippen LogP contribution < -0.4 is 14.4 Å². The van der Waals surface area contributed by atoms with Gasteiger partial charge in [0.05, 0.1) is 31.3 Å². The number of fused-ring (bicyclic) bond motifs is 1. The summed E-state index contributed by atoms with van der Waals surface area (Å²) in [6.07, 6.45) is -7.68. The second-order valence-electron chi connectivity index (χ2n) is 11.1. The zero-order valence-corrected chi connectivity index (χ0v) is 24.7. The van der Waals surface area contributed by atoms with Crippen molar-refractivity contribution < 1.29 is 72.3 Å². The number of rotatable bonds is 13. The van der Waals surface area contributed by atoms with Gasteiger partial charge in [0.1, 0.15) is 19.0 Å². The quantitative estimate of drug-likeness (QED) is 0.170. The van der Waals surface area contributed by atoms with Gasteiger partial charge in [0, 0.05) is 43.6 Å². The average Bonchev–Trinajstić information content (AvgIpc) is 3.55. The normalized spacial score (nSPS) is 17.2. The largest absolute Gasteiger partial charge is 0.486 e. The minimum absolute atomic E-state index is 0.0282. The topological polar surface area (TPSA) is 192 Å². The van der Waals surface area contributed by atoms with E-state index in [1.807, 2.05) is 0 Å². The molecule has 1 saturated heterocycles. The van der Waals surface area contributed by atoms with Crippen LogP contribution in [0.25, 0.3) is 0 Å². The number of benzene rings is 2. The van der Waals surface area contributed by atoms with Gasteiger partial charge in [0.15, 0.2) is 29.5 Å². The van der Waals surface area contributed by atoms with E-state index in [0.717, 1.165) is 50.2 Å². The third kappa shape index (κ3) is 10.5. The molecule has 4 rings (SSSR count). The summed E-state index contributed by atoms with van der Waals surface area (Å²) in [6, 6.07) is 9.31. The van der Waals surface area contributed by atoms with Crippen LogP contribution in [-0.4, -0.2) is 94.1 Å². The van der Waals surface area contributed by atoms with Crippen LogP contribution >= 0.6 is 0 Å². The van der Waals surface area contributed by atoms with Crippen LogP contribution in [-0.2, 0) is 20.6 Å². The lowest BCUT2D eigenvalue weighted by Crippen LogP contribution is -3.10. The molecule has 0 spiro atoms. The molecule has 252 valence electrons. The number of alkyl halides is 3. The Bertz CT molecular complexity index is 1340. The first-order valence-electron chi connectivity index (χ1n) is 14.6. The van der Waals surface area contributed by atoms with Gasteiger partial charge in [0.2, 0.25) is 0 Å². The van der Waals surface area contributed by atoms with E-state index >= 15 is 0 Å². The number of hydrogen-bond acceptors (Lipinski definition) is 9. The third-order valence-electron chi connectivity index (χ3n) is 7.68. The second-order valence-corrected chi connectivity index (χ2v) is 11.1. The van der Waals surface area contributed by atoms with E-state index < -0.39 is 42.0 Å². The lowest BCUT2D eigenvalue weighted by molar-refractivity contribution is -0.891. The number of nitrogens with one attached hydrogen (secondary N) is 1. The van der Waals surface area contributed by atoms with Crippen LogP contribution in [0.3, 0.4) is 0 Å². The number of hydrogen-bond donors (Lipinski definition) is 6. The third-order valence-corrected chi connectivity index (χ3v) is 7.68. The summed E-state index contributed by atoms with van der Waals surface area (Å²) < 4.78 is 49.4. The van der Waals surface area contributed by atoms with Gasteiger partial charge in [-0.15, -0.1) is 0 Å². The summed E-state index contributed by atoms with van der Waals surface area (Å²) in [5, 5.41) is 43.7. The van der Waals surface area contributed by atoms with Crippen molar-refractivity contribution in [2.24, 2.45) is 5.92 Å². The number of quaternary nitrogens is 1. The number of aliphatic hydroxyl groups is 3. The summed E-state index contributed by atoms with van der Waals surface area (Å²) in [6.45, 7) is 3.51. The molecule has 15 heteroatoms. The standard InChI is InChI=1S/C27H30F3NO5.C4H6O6/c28-27(29,30)21-6-3-18(4-7-21)23(33)9-8-22(32)15-20(17-31-11-1-2-12-31)26(34)19-5-10-24-25(16-19)36-14-13-35-24;5-1(3(7)8)2(6)4(9)10/h3-7,10,16,20,26,34H,1-2,8-9,11-15,17H2;1-2,5-6H,(H,7,8)(H,9,10)/p+1/t20-,26+;1-,2-/m10/s1. The van der Waals surface area contributed by atoms with Gasteiger partial charge in [0.25, 0.3) is 0 Å². The highest BCUT2D eigenvalue weighted by atomic mass is 19.4. The molecule has 0 unspecified atom stereocenters. The fraction of sp³-hybridized carbons (Fsp3) is 0.484. The van der Waals surface area contributed by atoms with E-state index in [2.05, 4.69) is 0 Å². The van der Waals surface area contributed by atoms with E-state index in [-0.39, 0.29) is 42.3 Å². The molecule has 46 heavy (non-hydrogen) atoms. The number of aliphatic carboxylic acids is 2. The van der Waals surface area contributed by atoms with Gasteiger partial charge in [-0.25, -0.2) is 9.59 Å². The molecule has 12 nitrogen and oxygen atoms in total. The first-order valence-corrected chi connectivity index (χ1v) is 14.6. The number of carboxylic acid groups (broad SMARTS) is 2. The summed E-state index contributed by atoms with van der Waals surface area (Å²) in [4.78, 5) is 46.2. The van der Waals surface area contributed by atoms with Crippen LogP contribution in [0.4, 0.5) is 13.2 Å². The minimum Gasteiger partial charge on any atom is -0.486 e. The number of likely N-dealkylation sites (tertiary alicyclic amines) is 1. The number of ether oxygens (including phenoxy) is 2. The van der Waals surface area contributed by atoms with Gasteiger partial charge in [-0.3, -0.25) is 9.59 Å². The summed E-state index contributed by atoms with van der Waals surface area (Å²) in [7, 11) is 0. The molecule has 0 saturated carbocycles. The van der Waals surface area contributed by atoms with Crippen LogP contribution in [0, 0.1) is 5.92 Å². The molecule has 0 radical (unpaired) electrons. The highest BCUT2D eigenvalue weighted by Gasteiger charge is 2.32. The van der Waals surface area contributed by atoms with Crippen molar-refractivity contribution in [1.29, 1.82) is 0 Å². The molecular formula is C31H37F3NO11+. The van der Waals surface area contributed by atoms with Gasteiger partial charge in [-0.05, 0) is 29.8 Å². The van der Waals surface area contributed by atoms with Gasteiger partial charge >= 0.3 is 18.1 Å². The first-order chi connectivity index (χ1) is 21.7. The molecule has 0 aromatic heterocycles. The molecule has 1 fully saturated rings. The maximum atomic E-state index is 12.9. The van der Waals surface area contributed by atoms with Gasteiger partial charge < -0.3 is 39.9 Å². The zero-order chi connectivity index (χ0) is 34.0. The Balaban J connectivity index is 0.000000498. The van der Waals surface area contributed by atoms with Crippen molar-refractivity contribution in [2.75, 3.05) is 32.8 Å². The van der Waals surface area contributed by atoms with Crippen LogP contribution in [0.2, 0.25) is 0 Å². The van der Waals surface area contributed by atoms with Gasteiger partial charge in [-0.2, -0.15) is 13.2 Å². The number of carbonyl (C=O) groups excluding carboxylic acids is 2. The van der Waals surface area contributed by atoms with E-state index in [9.17, 15) is 37.5 Å². The van der Waals surface area contributed by atoms with E-state index in [0.29, 0.717) is 36.8 Å². The number of ketones is 2. The maximum absolute atomic E-state index is 12.9. The zero-order valence-electron chi connectivity index (χ0n) is 24.7. The fourth-order valence-corrected chi connectivity index (χ4v) is 5.17. The molecular weight excluding hydrogens is 619 g/mol. The van der Waals surface area contributed by atoms with Crippen LogP contribution in [0.5, 0.6) is 11.5 Å². The molecule has 2 aliphatic heterocycles. The highest BCUT2D eigenvalue weighted by molar-refractivity contribution is 5.98. The van der Waals surface area contributed by atoms with Crippen LogP contribution in [0.15, 0.2) is 42.5 Å². The maximum Gasteiger partial charge on any atom is 0.416 e. The summed E-state index contributed by atoms with van der Waals surface area (Å²) in [5.41, 5.74) is -0.0304. The Morgan fingerprint density at radius 1 is 0.804 bits per heavy atom. The van der Waals surface area contributed by atoms with E-state index in [1.165, 1.54) is 4.90 Å².